The fraction of sp³-hybridized carbons (Fsp3) is 0.357. The molecule has 20 heavy (non-hydrogen) atoms. The van der Waals surface area contributed by atoms with Crippen LogP contribution in [0.15, 0.2) is 29.8 Å². The lowest BCUT2D eigenvalue weighted by atomic mass is 10.1. The van der Waals surface area contributed by atoms with Crippen LogP contribution in [0.1, 0.15) is 12.5 Å². The van der Waals surface area contributed by atoms with Gasteiger partial charge in [0.15, 0.2) is 0 Å². The second kappa shape index (κ2) is 7.89. The number of hydrogen-bond donors (Lipinski definition) is 3. The van der Waals surface area contributed by atoms with Crippen LogP contribution in [0.3, 0.4) is 0 Å². The molecule has 5 nitrogen and oxygen atoms in total. The third kappa shape index (κ3) is 4.23. The molecule has 0 radical (unpaired) electrons. The maximum absolute atomic E-state index is 11.6. The fourth-order valence-corrected chi connectivity index (χ4v) is 2.03. The van der Waals surface area contributed by atoms with Gasteiger partial charge in [0.1, 0.15) is 5.75 Å². The van der Waals surface area contributed by atoms with Gasteiger partial charge in [0.2, 0.25) is 5.91 Å². The molecule has 0 aliphatic carbocycles. The number of halogens is 1. The average Bonchev–Trinajstić information content (AvgIpc) is 2.45. The molecule has 0 bridgehead atoms. The van der Waals surface area contributed by atoms with Crippen molar-refractivity contribution in [1.82, 2.24) is 10.6 Å². The predicted molar refractivity (Wildman–Crippen MR) is 80.6 cm³/mol. The number of ether oxygens (including phenoxy) is 1. The summed E-state index contributed by atoms with van der Waals surface area (Å²) in [7, 11) is 3.14. The molecular weight excluding hydrogens is 278 g/mol. The molecule has 1 amide bonds. The summed E-state index contributed by atoms with van der Waals surface area (Å²) in [5.74, 6) is 0.430. The second-order valence-electron chi connectivity index (χ2n) is 4.15. The highest BCUT2D eigenvalue weighted by atomic mass is 35.5. The van der Waals surface area contributed by atoms with E-state index in [-0.39, 0.29) is 5.91 Å². The molecule has 0 aliphatic rings. The lowest BCUT2D eigenvalue weighted by Gasteiger charge is -2.16. The summed E-state index contributed by atoms with van der Waals surface area (Å²) >= 11 is 6.05. The van der Waals surface area contributed by atoms with Gasteiger partial charge in [-0.3, -0.25) is 10.1 Å². The molecule has 1 atom stereocenters. The van der Waals surface area contributed by atoms with Crippen molar-refractivity contribution in [3.63, 3.8) is 0 Å². The molecular formula is C14H20ClN3O2. The van der Waals surface area contributed by atoms with E-state index in [1.54, 1.807) is 39.3 Å². The monoisotopic (exact) mass is 297 g/mol. The van der Waals surface area contributed by atoms with Gasteiger partial charge in [-0.2, -0.15) is 0 Å². The molecule has 1 aromatic rings. The molecule has 0 aliphatic heterocycles. The molecule has 0 saturated carbocycles. The summed E-state index contributed by atoms with van der Waals surface area (Å²) in [6, 6.07) is 5.48. The van der Waals surface area contributed by atoms with Gasteiger partial charge in [0.25, 0.3) is 0 Å². The van der Waals surface area contributed by atoms with Gasteiger partial charge in [-0.25, -0.2) is 0 Å². The quantitative estimate of drug-likeness (QED) is 0.548. The number of rotatable bonds is 6. The Hall–Kier alpha value is -1.56. The first-order valence-corrected chi connectivity index (χ1v) is 6.61. The molecule has 0 saturated heterocycles. The van der Waals surface area contributed by atoms with Gasteiger partial charge in [-0.1, -0.05) is 23.7 Å². The average molecular weight is 298 g/mol. The van der Waals surface area contributed by atoms with Crippen LogP contribution in [0.4, 0.5) is 0 Å². The van der Waals surface area contributed by atoms with Gasteiger partial charge < -0.3 is 15.8 Å². The standard InChI is InChI=1S/C14H20ClN3O2/c1-4-10(14(19)17-2)13(16)18-8-9-5-6-12(20-3)11(15)7-9/h4-7,13,18H,8,16H2,1-3H3,(H,17,19)/b10-4+. The predicted octanol–water partition coefficient (Wildman–Crippen LogP) is 1.42. The van der Waals surface area contributed by atoms with Gasteiger partial charge in [-0.15, -0.1) is 0 Å². The van der Waals surface area contributed by atoms with Crippen LogP contribution in [0.2, 0.25) is 5.02 Å². The molecule has 1 aromatic carbocycles. The first-order chi connectivity index (χ1) is 9.53. The van der Waals surface area contributed by atoms with E-state index >= 15 is 0 Å². The summed E-state index contributed by atoms with van der Waals surface area (Å²) in [5, 5.41) is 6.17. The van der Waals surface area contributed by atoms with Crippen molar-refractivity contribution in [3.05, 3.63) is 40.4 Å². The van der Waals surface area contributed by atoms with Crippen LogP contribution in [-0.4, -0.2) is 26.2 Å². The Morgan fingerprint density at radius 2 is 2.25 bits per heavy atom. The van der Waals surface area contributed by atoms with E-state index in [4.69, 9.17) is 22.1 Å². The van der Waals surface area contributed by atoms with Crippen LogP contribution in [0.5, 0.6) is 5.75 Å². The summed E-state index contributed by atoms with van der Waals surface area (Å²) < 4.78 is 5.09. The number of amides is 1. The van der Waals surface area contributed by atoms with E-state index in [0.717, 1.165) is 5.56 Å². The lowest BCUT2D eigenvalue weighted by molar-refractivity contribution is -0.117. The zero-order valence-corrected chi connectivity index (χ0v) is 12.6. The van der Waals surface area contributed by atoms with Crippen LogP contribution < -0.4 is 21.1 Å². The molecule has 110 valence electrons. The lowest BCUT2D eigenvalue weighted by Crippen LogP contribution is -2.43. The maximum Gasteiger partial charge on any atom is 0.249 e. The van der Waals surface area contributed by atoms with E-state index in [1.807, 2.05) is 6.07 Å². The molecule has 6 heteroatoms. The maximum atomic E-state index is 11.6. The minimum atomic E-state index is -0.541. The van der Waals surface area contributed by atoms with E-state index in [0.29, 0.717) is 22.9 Å². The minimum absolute atomic E-state index is 0.194. The van der Waals surface area contributed by atoms with Crippen LogP contribution in [0, 0.1) is 0 Å². The molecule has 1 rings (SSSR count). The Kier molecular flexibility index (Phi) is 6.51. The van der Waals surface area contributed by atoms with Crippen molar-refractivity contribution < 1.29 is 9.53 Å². The molecule has 4 N–H and O–H groups in total. The van der Waals surface area contributed by atoms with Crippen molar-refractivity contribution in [2.45, 2.75) is 19.6 Å². The number of nitrogens with one attached hydrogen (secondary N) is 2. The van der Waals surface area contributed by atoms with Gasteiger partial charge in [0.05, 0.1) is 18.3 Å². The van der Waals surface area contributed by atoms with E-state index in [1.165, 1.54) is 0 Å². The highest BCUT2D eigenvalue weighted by molar-refractivity contribution is 6.32. The van der Waals surface area contributed by atoms with E-state index in [9.17, 15) is 4.79 Å². The Morgan fingerprint density at radius 1 is 1.55 bits per heavy atom. The molecule has 0 heterocycles. The fourth-order valence-electron chi connectivity index (χ4n) is 1.75. The topological polar surface area (TPSA) is 76.4 Å². The molecule has 0 spiro atoms. The highest BCUT2D eigenvalue weighted by Crippen LogP contribution is 2.24. The summed E-state index contributed by atoms with van der Waals surface area (Å²) in [5.41, 5.74) is 7.40. The number of carbonyl (C=O) groups is 1. The number of nitrogens with two attached hydrogens (primary N) is 1. The van der Waals surface area contributed by atoms with Crippen LogP contribution in [0.25, 0.3) is 0 Å². The Bertz CT molecular complexity index is 503. The van der Waals surface area contributed by atoms with E-state index < -0.39 is 6.17 Å². The second-order valence-corrected chi connectivity index (χ2v) is 4.56. The summed E-state index contributed by atoms with van der Waals surface area (Å²) in [6.45, 7) is 2.27. The summed E-state index contributed by atoms with van der Waals surface area (Å²) in [4.78, 5) is 11.6. The Labute approximate surface area is 124 Å². The number of hydrogen-bond acceptors (Lipinski definition) is 4. The van der Waals surface area contributed by atoms with Crippen molar-refractivity contribution >= 4 is 17.5 Å². The summed E-state index contributed by atoms with van der Waals surface area (Å²) in [6.07, 6.45) is 1.15. The smallest absolute Gasteiger partial charge is 0.249 e. The first kappa shape index (κ1) is 16.5. The van der Waals surface area contributed by atoms with Crippen molar-refractivity contribution in [2.24, 2.45) is 5.73 Å². The number of methoxy groups -OCH3 is 1. The Balaban J connectivity index is 2.67. The zero-order chi connectivity index (χ0) is 15.1. The van der Waals surface area contributed by atoms with Crippen molar-refractivity contribution in [2.75, 3.05) is 14.2 Å². The van der Waals surface area contributed by atoms with Crippen LogP contribution >= 0.6 is 11.6 Å². The SMILES string of the molecule is C/C=C(/C(=O)NC)C(N)NCc1ccc(OC)c(Cl)c1. The number of benzene rings is 1. The molecule has 1 unspecified atom stereocenters. The van der Waals surface area contributed by atoms with Gasteiger partial charge in [-0.05, 0) is 24.6 Å². The van der Waals surface area contributed by atoms with Gasteiger partial charge >= 0.3 is 0 Å². The van der Waals surface area contributed by atoms with E-state index in [2.05, 4.69) is 10.6 Å². The Morgan fingerprint density at radius 3 is 2.75 bits per heavy atom. The third-order valence-corrected chi connectivity index (χ3v) is 3.17. The van der Waals surface area contributed by atoms with Crippen molar-refractivity contribution in [1.29, 1.82) is 0 Å². The van der Waals surface area contributed by atoms with Crippen LogP contribution in [-0.2, 0) is 11.3 Å². The zero-order valence-electron chi connectivity index (χ0n) is 11.9. The number of allylic oxidation sites excluding steroid dienone is 1. The largest absolute Gasteiger partial charge is 0.495 e. The minimum Gasteiger partial charge on any atom is -0.495 e. The van der Waals surface area contributed by atoms with Crippen molar-refractivity contribution in [3.8, 4) is 5.75 Å². The molecule has 0 aromatic heterocycles. The number of carbonyl (C=O) groups excluding carboxylic acids is 1. The molecule has 0 fully saturated rings. The number of likely N-dealkylation sites (N-methyl/N-ethyl adjacent to an activating group) is 1. The third-order valence-electron chi connectivity index (χ3n) is 2.88. The normalized spacial score (nSPS) is 12.9. The van der Waals surface area contributed by atoms with Gasteiger partial charge in [0, 0.05) is 19.2 Å². The highest BCUT2D eigenvalue weighted by Gasteiger charge is 2.14. The first-order valence-electron chi connectivity index (χ1n) is 6.23.